The van der Waals surface area contributed by atoms with E-state index in [0.717, 1.165) is 19.3 Å². The van der Waals surface area contributed by atoms with E-state index in [1.165, 1.54) is 38.5 Å². The highest BCUT2D eigenvalue weighted by atomic mass is 35.5. The molecule has 0 rings (SSSR count). The van der Waals surface area contributed by atoms with Crippen LogP contribution < -0.4 is 0 Å². The van der Waals surface area contributed by atoms with Gasteiger partial charge < -0.3 is 4.74 Å². The molecule has 3 heteroatoms. The third-order valence-corrected chi connectivity index (χ3v) is 3.57. The minimum absolute atomic E-state index is 0.584. The van der Waals surface area contributed by atoms with Crippen LogP contribution in [0.4, 0.5) is 0 Å². The van der Waals surface area contributed by atoms with Gasteiger partial charge in [0.2, 0.25) is 0 Å². The largest absolute Gasteiger partial charge is 0.385 e. The third-order valence-electron chi connectivity index (χ3n) is 2.82. The molecule has 0 aliphatic carbocycles. The lowest BCUT2D eigenvalue weighted by molar-refractivity contribution is 0.189. The highest BCUT2D eigenvalue weighted by molar-refractivity contribution is 6.48. The quantitative estimate of drug-likeness (QED) is 0.363. The topological polar surface area (TPSA) is 9.23 Å². The van der Waals surface area contributed by atoms with Crippen molar-refractivity contribution in [2.24, 2.45) is 0 Å². The fraction of sp³-hybridized carbons (Fsp3) is 1.00. The summed E-state index contributed by atoms with van der Waals surface area (Å²) in [6, 6.07) is 0. The summed E-state index contributed by atoms with van der Waals surface area (Å²) in [6.45, 7) is 2.88. The third kappa shape index (κ3) is 11.0. The van der Waals surface area contributed by atoms with Gasteiger partial charge >= 0.3 is 0 Å². The molecule has 0 atom stereocenters. The van der Waals surface area contributed by atoms with Gasteiger partial charge in [0.15, 0.2) is 0 Å². The van der Waals surface area contributed by atoms with Gasteiger partial charge in [0.05, 0.1) is 0 Å². The smallest absolute Gasteiger partial charge is 0.120 e. The van der Waals surface area contributed by atoms with Crippen LogP contribution in [0.3, 0.4) is 0 Å². The van der Waals surface area contributed by atoms with Crippen molar-refractivity contribution in [1.82, 2.24) is 0 Å². The highest BCUT2D eigenvalue weighted by Gasteiger charge is 2.22. The molecular weight excluding hydrogens is 243 g/mol. The van der Waals surface area contributed by atoms with Crippen molar-refractivity contribution in [2.45, 2.75) is 69.0 Å². The molecule has 16 heavy (non-hydrogen) atoms. The first-order valence-electron chi connectivity index (χ1n) is 6.49. The number of unbranched alkanes of at least 4 members (excludes halogenated alkanes) is 6. The van der Waals surface area contributed by atoms with Gasteiger partial charge in [0.1, 0.15) is 4.33 Å². The zero-order valence-corrected chi connectivity index (χ0v) is 12.2. The van der Waals surface area contributed by atoms with Crippen molar-refractivity contribution in [3.63, 3.8) is 0 Å². The number of methoxy groups -OCH3 is 1. The standard InChI is InChI=1S/C13H26Cl2O/c1-3-4-5-6-7-8-9-10-13(14,15)11-12-16-2/h3-12H2,1-2H3. The molecule has 0 saturated carbocycles. The van der Waals surface area contributed by atoms with E-state index in [1.54, 1.807) is 7.11 Å². The average Bonchev–Trinajstić information content (AvgIpc) is 2.25. The Morgan fingerprint density at radius 3 is 2.00 bits per heavy atom. The second-order valence-electron chi connectivity index (χ2n) is 4.47. The molecule has 0 unspecified atom stereocenters. The predicted molar refractivity (Wildman–Crippen MR) is 73.5 cm³/mol. The molecule has 0 heterocycles. The van der Waals surface area contributed by atoms with E-state index in [9.17, 15) is 0 Å². The Hall–Kier alpha value is 0.540. The van der Waals surface area contributed by atoms with Gasteiger partial charge in [-0.2, -0.15) is 0 Å². The fourth-order valence-electron chi connectivity index (χ4n) is 1.72. The van der Waals surface area contributed by atoms with Crippen LogP contribution in [0.25, 0.3) is 0 Å². The molecular formula is C13H26Cl2O. The number of ether oxygens (including phenoxy) is 1. The maximum Gasteiger partial charge on any atom is 0.120 e. The fourth-order valence-corrected chi connectivity index (χ4v) is 2.14. The first-order valence-corrected chi connectivity index (χ1v) is 7.25. The van der Waals surface area contributed by atoms with Crippen molar-refractivity contribution in [2.75, 3.05) is 13.7 Å². The van der Waals surface area contributed by atoms with Crippen LogP contribution >= 0.6 is 23.2 Å². The van der Waals surface area contributed by atoms with Crippen molar-refractivity contribution < 1.29 is 4.74 Å². The molecule has 0 aromatic carbocycles. The molecule has 1 nitrogen and oxygen atoms in total. The summed E-state index contributed by atoms with van der Waals surface area (Å²) >= 11 is 12.3. The van der Waals surface area contributed by atoms with Crippen molar-refractivity contribution in [3.8, 4) is 0 Å². The van der Waals surface area contributed by atoms with Crippen LogP contribution in [-0.4, -0.2) is 18.1 Å². The second kappa shape index (κ2) is 10.7. The second-order valence-corrected chi connectivity index (χ2v) is 6.11. The van der Waals surface area contributed by atoms with E-state index in [-0.39, 0.29) is 0 Å². The molecule has 0 bridgehead atoms. The Morgan fingerprint density at radius 1 is 0.875 bits per heavy atom. The molecule has 0 spiro atoms. The van der Waals surface area contributed by atoms with Crippen LogP contribution in [0, 0.1) is 0 Å². The zero-order chi connectivity index (χ0) is 12.3. The van der Waals surface area contributed by atoms with Gasteiger partial charge in [-0.25, -0.2) is 0 Å². The number of hydrogen-bond acceptors (Lipinski definition) is 1. The molecule has 0 amide bonds. The number of alkyl halides is 2. The highest BCUT2D eigenvalue weighted by Crippen LogP contribution is 2.31. The minimum atomic E-state index is -0.584. The summed E-state index contributed by atoms with van der Waals surface area (Å²) in [4.78, 5) is 0. The lowest BCUT2D eigenvalue weighted by Crippen LogP contribution is -2.15. The summed E-state index contributed by atoms with van der Waals surface area (Å²) in [7, 11) is 1.68. The summed E-state index contributed by atoms with van der Waals surface area (Å²) in [6.07, 6.45) is 10.7. The first kappa shape index (κ1) is 16.5. The van der Waals surface area contributed by atoms with Crippen LogP contribution in [-0.2, 0) is 4.74 Å². The summed E-state index contributed by atoms with van der Waals surface area (Å²) < 4.78 is 4.40. The Labute approximate surface area is 111 Å². The van der Waals surface area contributed by atoms with Gasteiger partial charge in [-0.1, -0.05) is 51.9 Å². The molecule has 0 aliphatic rings. The van der Waals surface area contributed by atoms with E-state index >= 15 is 0 Å². The van der Waals surface area contributed by atoms with E-state index in [1.807, 2.05) is 0 Å². The Kier molecular flexibility index (Phi) is 11.0. The maximum absolute atomic E-state index is 6.16. The van der Waals surface area contributed by atoms with Crippen molar-refractivity contribution >= 4 is 23.2 Å². The summed E-state index contributed by atoms with van der Waals surface area (Å²) in [5.41, 5.74) is 0. The molecule has 0 aliphatic heterocycles. The molecule has 0 N–H and O–H groups in total. The Morgan fingerprint density at radius 2 is 1.44 bits per heavy atom. The van der Waals surface area contributed by atoms with Gasteiger partial charge in [-0.3, -0.25) is 0 Å². The maximum atomic E-state index is 6.16. The van der Waals surface area contributed by atoms with Crippen LogP contribution in [0.2, 0.25) is 0 Å². The Bertz CT molecular complexity index is 149. The SMILES string of the molecule is CCCCCCCCCC(Cl)(Cl)CCOC. The number of hydrogen-bond donors (Lipinski definition) is 0. The lowest BCUT2D eigenvalue weighted by Gasteiger charge is -2.18. The molecule has 0 saturated heterocycles. The van der Waals surface area contributed by atoms with Crippen molar-refractivity contribution in [3.05, 3.63) is 0 Å². The van der Waals surface area contributed by atoms with E-state index in [0.29, 0.717) is 6.61 Å². The molecule has 0 fully saturated rings. The van der Waals surface area contributed by atoms with Gasteiger partial charge in [-0.05, 0) is 6.42 Å². The molecule has 0 aromatic rings. The lowest BCUT2D eigenvalue weighted by atomic mass is 10.1. The molecule has 0 aromatic heterocycles. The molecule has 98 valence electrons. The minimum Gasteiger partial charge on any atom is -0.385 e. The Balaban J connectivity index is 3.29. The first-order chi connectivity index (χ1) is 7.62. The van der Waals surface area contributed by atoms with Crippen LogP contribution in [0.5, 0.6) is 0 Å². The predicted octanol–water partition coefficient (Wildman–Crippen LogP) is 5.34. The molecule has 0 radical (unpaired) electrons. The average molecular weight is 269 g/mol. The van der Waals surface area contributed by atoms with Crippen LogP contribution in [0.15, 0.2) is 0 Å². The monoisotopic (exact) mass is 268 g/mol. The summed E-state index contributed by atoms with van der Waals surface area (Å²) in [5, 5.41) is 0. The van der Waals surface area contributed by atoms with Gasteiger partial charge in [0, 0.05) is 20.1 Å². The van der Waals surface area contributed by atoms with E-state index in [2.05, 4.69) is 6.92 Å². The van der Waals surface area contributed by atoms with Gasteiger partial charge in [-0.15, -0.1) is 23.2 Å². The summed E-state index contributed by atoms with van der Waals surface area (Å²) in [5.74, 6) is 0. The van der Waals surface area contributed by atoms with Crippen LogP contribution in [0.1, 0.15) is 64.7 Å². The zero-order valence-electron chi connectivity index (χ0n) is 10.7. The van der Waals surface area contributed by atoms with Gasteiger partial charge in [0.25, 0.3) is 0 Å². The number of rotatable bonds is 11. The normalized spacial score (nSPS) is 12.0. The van der Waals surface area contributed by atoms with Crippen molar-refractivity contribution in [1.29, 1.82) is 0 Å². The van der Waals surface area contributed by atoms with E-state index < -0.39 is 4.33 Å². The number of halogens is 2. The van der Waals surface area contributed by atoms with E-state index in [4.69, 9.17) is 27.9 Å².